The Bertz CT molecular complexity index is 4010. The largest absolute Gasteiger partial charge is 0.542 e. The first-order chi connectivity index (χ1) is 52.5. The molecule has 8 aromatic carbocycles. The molecule has 4 saturated heterocycles. The average Bonchev–Trinajstić information content (AvgIpc) is 0.826. The minimum Gasteiger partial charge on any atom is -0.542 e. The lowest BCUT2D eigenvalue weighted by Gasteiger charge is -2.42. The number of ether oxygens (including phenoxy) is 2. The molecule has 0 spiro atoms. The summed E-state index contributed by atoms with van der Waals surface area (Å²) < 4.78 is 107. The number of amides is 2. The summed E-state index contributed by atoms with van der Waals surface area (Å²) in [4.78, 5) is 53.8. The fourth-order valence-electron chi connectivity index (χ4n) is 13.6. The van der Waals surface area contributed by atoms with Gasteiger partial charge in [0.1, 0.15) is 61.4 Å². The van der Waals surface area contributed by atoms with E-state index in [9.17, 15) is 35.9 Å². The van der Waals surface area contributed by atoms with E-state index in [1.54, 1.807) is 12.1 Å². The van der Waals surface area contributed by atoms with Gasteiger partial charge in [-0.25, -0.2) is 8.78 Å². The number of carbonyl (C=O) groups excluding carboxylic acids is 4. The number of carbonyl (C=O) groups is 4. The molecule has 0 radical (unpaired) electrons. The van der Waals surface area contributed by atoms with Crippen LogP contribution < -0.4 is 41.0 Å². The van der Waals surface area contributed by atoms with Crippen LogP contribution >= 0.6 is 0 Å². The molecule has 0 aliphatic carbocycles. The Morgan fingerprint density at radius 1 is 0.436 bits per heavy atom. The first-order valence-corrected chi connectivity index (χ1v) is 37.0. The molecule has 4 aliphatic rings. The van der Waals surface area contributed by atoms with Crippen molar-refractivity contribution in [2.45, 2.75) is 77.6 Å². The van der Waals surface area contributed by atoms with Crippen LogP contribution in [0.15, 0.2) is 194 Å². The number of nitrogens with zero attached hydrogens (tertiary/aromatic N) is 6. The van der Waals surface area contributed by atoms with Crippen LogP contribution in [0.1, 0.15) is 67.9 Å². The molecule has 0 unspecified atom stereocenters. The first kappa shape index (κ1) is 84.4. The number of quaternary nitrogens is 2. The zero-order valence-corrected chi connectivity index (χ0v) is 62.6. The normalized spacial score (nSPS) is 17.5. The molecule has 0 bridgehead atoms. The maximum absolute atomic E-state index is 15.0. The molecule has 4 N–H and O–H groups in total. The molecular weight excluding hydrogens is 1430 g/mol. The summed E-state index contributed by atoms with van der Waals surface area (Å²) in [7, 11) is 4.62. The van der Waals surface area contributed by atoms with Gasteiger partial charge in [0.05, 0.1) is 40.3 Å². The summed E-state index contributed by atoms with van der Waals surface area (Å²) in [6.07, 6.45) is -10.4. The van der Waals surface area contributed by atoms with E-state index in [1.807, 2.05) is 133 Å². The van der Waals surface area contributed by atoms with Crippen molar-refractivity contribution < 1.29 is 83.0 Å². The lowest BCUT2D eigenvalue weighted by Crippen LogP contribution is -2.58. The van der Waals surface area contributed by atoms with Crippen molar-refractivity contribution in [2.24, 2.45) is 0 Å². The van der Waals surface area contributed by atoms with E-state index in [1.165, 1.54) is 23.3 Å². The van der Waals surface area contributed by atoms with Crippen LogP contribution in [0, 0.1) is 11.6 Å². The van der Waals surface area contributed by atoms with Crippen LogP contribution in [0.3, 0.4) is 0 Å². The number of halogens is 8. The number of hydrogen-bond donors (Lipinski definition) is 4. The Balaban J connectivity index is 0.000000215. The second-order valence-corrected chi connectivity index (χ2v) is 29.0. The van der Waals surface area contributed by atoms with Crippen LogP contribution in [0.25, 0.3) is 22.3 Å². The highest BCUT2D eigenvalue weighted by Crippen LogP contribution is 2.29. The van der Waals surface area contributed by atoms with Gasteiger partial charge in [0.2, 0.25) is 0 Å². The zero-order chi connectivity index (χ0) is 78.9. The molecule has 0 saturated carbocycles. The van der Waals surface area contributed by atoms with Gasteiger partial charge in [-0.3, -0.25) is 29.2 Å². The third-order valence-electron chi connectivity index (χ3n) is 19.9. The van der Waals surface area contributed by atoms with Gasteiger partial charge in [0.15, 0.2) is 0 Å². The SMILES string of the molecule is C[C@H]1CN(Cc2cccc(-c3cc(CNC(=O)c4cccc(CN5CC[N+](C)(CCOc6ccccc6)CC5)c4)ccc3F)c2)CCN1.C[C@H]1CN(Cc2cccc(-c3cc(CNC(=O)c4cccc(CN5CC[N+](C)(CCOc6ccccc6)CC5)c4)ccc3F)c2)CCN1.O=C([O-])C(F)(F)F.O=C([O-])C(F)(F)F. The number of piperazine rings is 4. The molecule has 2 amide bonds. The molecule has 110 heavy (non-hydrogen) atoms. The van der Waals surface area contributed by atoms with E-state index in [0.717, 1.165) is 185 Å². The van der Waals surface area contributed by atoms with Gasteiger partial charge < -0.3 is 59.5 Å². The molecular formula is C84H98F8N10O8. The lowest BCUT2D eigenvalue weighted by molar-refractivity contribution is -0.913. The Labute approximate surface area is 638 Å². The van der Waals surface area contributed by atoms with Crippen LogP contribution in [0.2, 0.25) is 0 Å². The predicted octanol–water partition coefficient (Wildman–Crippen LogP) is 9.71. The highest BCUT2D eigenvalue weighted by molar-refractivity contribution is 5.95. The summed E-state index contributed by atoms with van der Waals surface area (Å²) in [5.74, 6) is -4.95. The number of para-hydroxylation sites is 2. The highest BCUT2D eigenvalue weighted by Gasteiger charge is 2.32. The smallest absolute Gasteiger partial charge is 0.430 e. The van der Waals surface area contributed by atoms with Gasteiger partial charge in [-0.15, -0.1) is 0 Å². The maximum Gasteiger partial charge on any atom is 0.430 e. The predicted molar refractivity (Wildman–Crippen MR) is 403 cm³/mol. The van der Waals surface area contributed by atoms with E-state index in [4.69, 9.17) is 29.3 Å². The Morgan fingerprint density at radius 2 is 0.773 bits per heavy atom. The quantitative estimate of drug-likeness (QED) is 0.0330. The number of nitrogens with one attached hydrogen (secondary N) is 4. The van der Waals surface area contributed by atoms with Crippen molar-refractivity contribution in [2.75, 3.05) is 132 Å². The van der Waals surface area contributed by atoms with Crippen molar-refractivity contribution in [3.63, 3.8) is 0 Å². The first-order valence-electron chi connectivity index (χ1n) is 37.0. The van der Waals surface area contributed by atoms with Crippen LogP contribution in [0.4, 0.5) is 35.1 Å². The number of rotatable bonds is 24. The number of benzene rings is 8. The fraction of sp³-hybridized carbons (Fsp3) is 0.381. The van der Waals surface area contributed by atoms with Gasteiger partial charge in [-0.2, -0.15) is 26.3 Å². The molecule has 588 valence electrons. The summed E-state index contributed by atoms with van der Waals surface area (Å²) in [5, 5.41) is 30.6. The molecule has 8 aromatic rings. The van der Waals surface area contributed by atoms with Crippen molar-refractivity contribution in [1.29, 1.82) is 0 Å². The van der Waals surface area contributed by atoms with Crippen molar-refractivity contribution >= 4 is 23.8 Å². The molecule has 4 heterocycles. The van der Waals surface area contributed by atoms with Gasteiger partial charge in [-0.05, 0) is 143 Å². The van der Waals surface area contributed by atoms with Gasteiger partial charge in [0.25, 0.3) is 11.8 Å². The maximum atomic E-state index is 15.0. The van der Waals surface area contributed by atoms with Crippen LogP contribution in [-0.2, 0) is 48.9 Å². The minimum atomic E-state index is -5.19. The van der Waals surface area contributed by atoms with E-state index in [-0.39, 0.29) is 23.4 Å². The highest BCUT2D eigenvalue weighted by atomic mass is 19.4. The Morgan fingerprint density at radius 3 is 1.12 bits per heavy atom. The third-order valence-corrected chi connectivity index (χ3v) is 19.9. The van der Waals surface area contributed by atoms with Crippen molar-refractivity contribution in [3.8, 4) is 33.8 Å². The standard InChI is InChI=1S/2C40H48FN5O2.2C2HF3O2/c2*1-31-28-45(17-16-42-31)30-33-8-6-10-35(24-33)38-26-32(14-15-39(38)41)27-43-40(47)36-11-7-9-34(25-36)29-44-18-20-46(2,21-19-44)22-23-48-37-12-4-3-5-13-37;2*3-2(4,5)1(6)7/h2*3-15,24-26,31,42H,16-23,27-30H2,1-2H3;2*(H,6,7)/t2*31-;;/m00../s1. The molecule has 2 atom stereocenters. The molecule has 0 aromatic heterocycles. The summed E-state index contributed by atoms with van der Waals surface area (Å²) in [5.41, 5.74) is 10.4. The number of alkyl halides is 6. The van der Waals surface area contributed by atoms with Crippen molar-refractivity contribution in [3.05, 3.63) is 250 Å². The van der Waals surface area contributed by atoms with Gasteiger partial charge in [0, 0.05) is 139 Å². The van der Waals surface area contributed by atoms with Crippen LogP contribution in [-0.4, -0.2) is 209 Å². The molecule has 4 fully saturated rings. The summed E-state index contributed by atoms with van der Waals surface area (Å²) >= 11 is 0. The second-order valence-electron chi connectivity index (χ2n) is 29.0. The monoisotopic (exact) mass is 1530 g/mol. The van der Waals surface area contributed by atoms with E-state index in [2.05, 4.69) is 105 Å². The molecule has 4 aliphatic heterocycles. The third kappa shape index (κ3) is 27.4. The van der Waals surface area contributed by atoms with E-state index < -0.39 is 24.3 Å². The fourth-order valence-corrected chi connectivity index (χ4v) is 13.6. The topological polar surface area (TPSA) is 194 Å². The van der Waals surface area contributed by atoms with Crippen LogP contribution in [0.5, 0.6) is 11.5 Å². The zero-order valence-electron chi connectivity index (χ0n) is 62.6. The molecule has 18 nitrogen and oxygen atoms in total. The number of hydrogen-bond acceptors (Lipinski definition) is 14. The Kier molecular flexibility index (Phi) is 30.9. The summed E-state index contributed by atoms with van der Waals surface area (Å²) in [6.45, 7) is 26.0. The number of aliphatic carboxylic acids is 2. The molecule has 12 rings (SSSR count). The van der Waals surface area contributed by atoms with Crippen molar-refractivity contribution in [1.82, 2.24) is 40.9 Å². The molecule has 26 heteroatoms. The van der Waals surface area contributed by atoms with Gasteiger partial charge >= 0.3 is 12.4 Å². The minimum absolute atomic E-state index is 0.128. The van der Waals surface area contributed by atoms with Gasteiger partial charge in [-0.1, -0.05) is 109 Å². The van der Waals surface area contributed by atoms with E-state index >= 15 is 8.78 Å². The number of carboxylic acid groups (broad SMARTS) is 2. The lowest BCUT2D eigenvalue weighted by atomic mass is 10.00. The number of carboxylic acids is 2. The Hall–Kier alpha value is -9.64. The average molecular weight is 1530 g/mol. The second kappa shape index (κ2) is 40.3. The summed E-state index contributed by atoms with van der Waals surface area (Å²) in [6, 6.07) is 63.3. The van der Waals surface area contributed by atoms with E-state index in [0.29, 0.717) is 60.6 Å². The number of likely N-dealkylation sites (N-methyl/N-ethyl adjacent to an activating group) is 2.